The largest absolute Gasteiger partial charge is 0.494 e. The first kappa shape index (κ1) is 10.3. The number of likely N-dealkylation sites (tertiary alicyclic amines) is 1. The van der Waals surface area contributed by atoms with E-state index in [9.17, 15) is 9.90 Å². The second kappa shape index (κ2) is 4.53. The first-order chi connectivity index (χ1) is 7.27. The molecule has 0 radical (unpaired) electrons. The number of ether oxygens (including phenoxy) is 2. The van der Waals surface area contributed by atoms with Crippen molar-refractivity contribution >= 4 is 5.91 Å². The van der Waals surface area contributed by atoms with Crippen LogP contribution in [0.5, 0.6) is 0 Å². The normalized spacial score (nSPS) is 26.3. The molecule has 0 saturated carbocycles. The van der Waals surface area contributed by atoms with Crippen LogP contribution in [-0.2, 0) is 14.3 Å². The Kier molecular flexibility index (Phi) is 3.11. The Balaban J connectivity index is 1.97. The molecule has 2 aliphatic heterocycles. The highest BCUT2D eigenvalue weighted by Gasteiger charge is 2.26. The molecule has 0 unspecified atom stereocenters. The number of aliphatic hydroxyl groups is 1. The molecule has 1 fully saturated rings. The van der Waals surface area contributed by atoms with Crippen LogP contribution in [0, 0.1) is 0 Å². The van der Waals surface area contributed by atoms with Crippen LogP contribution in [0.3, 0.4) is 0 Å². The van der Waals surface area contributed by atoms with Crippen LogP contribution in [0.25, 0.3) is 0 Å². The van der Waals surface area contributed by atoms with Crippen molar-refractivity contribution in [3.05, 3.63) is 12.0 Å². The second-order valence-electron chi connectivity index (χ2n) is 3.75. The molecule has 0 aliphatic carbocycles. The monoisotopic (exact) mass is 213 g/mol. The molecule has 0 aromatic rings. The van der Waals surface area contributed by atoms with Crippen LogP contribution >= 0.6 is 0 Å². The van der Waals surface area contributed by atoms with E-state index in [0.717, 1.165) is 12.8 Å². The topological polar surface area (TPSA) is 59.0 Å². The molecular formula is C10H15NO4. The fourth-order valence-corrected chi connectivity index (χ4v) is 1.78. The fourth-order valence-electron chi connectivity index (χ4n) is 1.78. The minimum atomic E-state index is -0.409. The lowest BCUT2D eigenvalue weighted by Crippen LogP contribution is -2.43. The zero-order chi connectivity index (χ0) is 10.7. The van der Waals surface area contributed by atoms with Gasteiger partial charge in [-0.25, -0.2) is 0 Å². The van der Waals surface area contributed by atoms with E-state index in [1.807, 2.05) is 0 Å². The maximum absolute atomic E-state index is 11.8. The zero-order valence-electron chi connectivity index (χ0n) is 8.52. The highest BCUT2D eigenvalue weighted by molar-refractivity contribution is 5.91. The van der Waals surface area contributed by atoms with Crippen LogP contribution in [0.15, 0.2) is 12.0 Å². The van der Waals surface area contributed by atoms with Crippen LogP contribution in [0.4, 0.5) is 0 Å². The smallest absolute Gasteiger partial charge is 0.292 e. The van der Waals surface area contributed by atoms with Gasteiger partial charge in [-0.3, -0.25) is 4.79 Å². The van der Waals surface area contributed by atoms with Gasteiger partial charge in [-0.2, -0.15) is 0 Å². The van der Waals surface area contributed by atoms with Gasteiger partial charge in [0.2, 0.25) is 5.76 Å². The predicted octanol–water partition coefficient (Wildman–Crippen LogP) is -0.142. The van der Waals surface area contributed by atoms with Gasteiger partial charge in [0.15, 0.2) is 0 Å². The maximum Gasteiger partial charge on any atom is 0.292 e. The van der Waals surface area contributed by atoms with Crippen LogP contribution < -0.4 is 0 Å². The summed E-state index contributed by atoms with van der Waals surface area (Å²) in [6, 6.07) is 0. The second-order valence-corrected chi connectivity index (χ2v) is 3.75. The summed E-state index contributed by atoms with van der Waals surface area (Å²) < 4.78 is 10.2. The molecule has 0 spiro atoms. The number of rotatable bonds is 1. The van der Waals surface area contributed by atoms with Crippen molar-refractivity contribution in [1.82, 2.24) is 4.90 Å². The van der Waals surface area contributed by atoms with Crippen molar-refractivity contribution in [2.24, 2.45) is 0 Å². The number of nitrogens with zero attached hydrogens (tertiary/aromatic N) is 1. The van der Waals surface area contributed by atoms with Crippen molar-refractivity contribution < 1.29 is 19.4 Å². The summed E-state index contributed by atoms with van der Waals surface area (Å²) in [6.07, 6.45) is 2.54. The van der Waals surface area contributed by atoms with Gasteiger partial charge in [0.1, 0.15) is 19.5 Å². The lowest BCUT2D eigenvalue weighted by atomic mass is 10.1. The Morgan fingerprint density at radius 2 is 2.40 bits per heavy atom. The summed E-state index contributed by atoms with van der Waals surface area (Å²) >= 11 is 0. The van der Waals surface area contributed by atoms with Gasteiger partial charge < -0.3 is 19.5 Å². The van der Waals surface area contributed by atoms with E-state index in [0.29, 0.717) is 26.3 Å². The highest BCUT2D eigenvalue weighted by atomic mass is 16.6. The number of piperidine rings is 1. The highest BCUT2D eigenvalue weighted by Crippen LogP contribution is 2.14. The third-order valence-electron chi connectivity index (χ3n) is 2.54. The van der Waals surface area contributed by atoms with Crippen LogP contribution in [-0.4, -0.2) is 48.3 Å². The molecule has 0 aromatic heterocycles. The lowest BCUT2D eigenvalue weighted by Gasteiger charge is -2.30. The van der Waals surface area contributed by atoms with Crippen molar-refractivity contribution in [2.75, 3.05) is 26.3 Å². The lowest BCUT2D eigenvalue weighted by molar-refractivity contribution is -0.135. The van der Waals surface area contributed by atoms with Gasteiger partial charge in [0.05, 0.1) is 6.10 Å². The molecule has 2 heterocycles. The average molecular weight is 213 g/mol. The molecule has 2 aliphatic rings. The van der Waals surface area contributed by atoms with E-state index < -0.39 is 6.10 Å². The van der Waals surface area contributed by atoms with Gasteiger partial charge in [-0.05, 0) is 12.8 Å². The van der Waals surface area contributed by atoms with Gasteiger partial charge >= 0.3 is 0 Å². The maximum atomic E-state index is 11.8. The van der Waals surface area contributed by atoms with E-state index in [1.165, 1.54) is 6.26 Å². The Morgan fingerprint density at radius 1 is 1.53 bits per heavy atom. The molecule has 1 amide bonds. The average Bonchev–Trinajstić information content (AvgIpc) is 2.29. The third-order valence-corrected chi connectivity index (χ3v) is 2.54. The number of hydrogen-bond donors (Lipinski definition) is 1. The first-order valence-corrected chi connectivity index (χ1v) is 5.19. The Hall–Kier alpha value is -1.23. The van der Waals surface area contributed by atoms with Gasteiger partial charge in [-0.1, -0.05) is 0 Å². The standard InChI is InChI=1S/C10H15NO4/c12-8-2-1-3-11(6-8)10(13)9-7-14-4-5-15-9/h7-8,12H,1-6H2/t8-/m0/s1. The summed E-state index contributed by atoms with van der Waals surface area (Å²) in [5.41, 5.74) is 0. The van der Waals surface area contributed by atoms with Gasteiger partial charge in [-0.15, -0.1) is 0 Å². The van der Waals surface area contributed by atoms with E-state index in [-0.39, 0.29) is 11.7 Å². The minimum absolute atomic E-state index is 0.187. The molecule has 1 N–H and O–H groups in total. The summed E-state index contributed by atoms with van der Waals surface area (Å²) in [5, 5.41) is 9.44. The molecule has 1 saturated heterocycles. The Labute approximate surface area is 88.3 Å². The Bertz CT molecular complexity index is 277. The molecule has 1 atom stereocenters. The zero-order valence-corrected chi connectivity index (χ0v) is 8.52. The van der Waals surface area contributed by atoms with Crippen LogP contribution in [0.1, 0.15) is 12.8 Å². The molecule has 5 nitrogen and oxygen atoms in total. The summed E-state index contributed by atoms with van der Waals surface area (Å²) in [5.74, 6) is 0.0591. The fraction of sp³-hybridized carbons (Fsp3) is 0.700. The SMILES string of the molecule is O=C(C1=COCCO1)N1CCC[C@H](O)C1. The van der Waals surface area contributed by atoms with Crippen molar-refractivity contribution in [1.29, 1.82) is 0 Å². The third kappa shape index (κ3) is 2.41. The molecule has 5 heteroatoms. The summed E-state index contributed by atoms with van der Waals surface area (Å²) in [4.78, 5) is 13.4. The number of aliphatic hydroxyl groups excluding tert-OH is 1. The quantitative estimate of drug-likeness (QED) is 0.658. The van der Waals surface area contributed by atoms with Crippen LogP contribution in [0.2, 0.25) is 0 Å². The Morgan fingerprint density at radius 3 is 3.07 bits per heavy atom. The number of amides is 1. The molecule has 15 heavy (non-hydrogen) atoms. The van der Waals surface area contributed by atoms with E-state index >= 15 is 0 Å². The van der Waals surface area contributed by atoms with Gasteiger partial charge in [0.25, 0.3) is 5.91 Å². The van der Waals surface area contributed by atoms with E-state index in [4.69, 9.17) is 9.47 Å². The molecule has 2 rings (SSSR count). The van der Waals surface area contributed by atoms with Crippen molar-refractivity contribution in [3.63, 3.8) is 0 Å². The number of carbonyl (C=O) groups is 1. The number of carbonyl (C=O) groups excluding carboxylic acids is 1. The molecular weight excluding hydrogens is 198 g/mol. The van der Waals surface area contributed by atoms with Crippen molar-refractivity contribution in [2.45, 2.75) is 18.9 Å². The van der Waals surface area contributed by atoms with E-state index in [1.54, 1.807) is 4.90 Å². The van der Waals surface area contributed by atoms with Gasteiger partial charge in [0, 0.05) is 13.1 Å². The molecule has 0 bridgehead atoms. The minimum Gasteiger partial charge on any atom is -0.494 e. The van der Waals surface area contributed by atoms with Crippen molar-refractivity contribution in [3.8, 4) is 0 Å². The number of hydrogen-bond acceptors (Lipinski definition) is 4. The summed E-state index contributed by atoms with van der Waals surface area (Å²) in [6.45, 7) is 1.96. The first-order valence-electron chi connectivity index (χ1n) is 5.19. The molecule has 84 valence electrons. The number of β-amino-alcohol motifs (C(OH)–C–C–N with tert-alkyl or cyclic N) is 1. The predicted molar refractivity (Wildman–Crippen MR) is 51.8 cm³/mol. The molecule has 0 aromatic carbocycles. The van der Waals surface area contributed by atoms with E-state index in [2.05, 4.69) is 0 Å². The summed E-state index contributed by atoms with van der Waals surface area (Å²) in [7, 11) is 0.